The van der Waals surface area contributed by atoms with Crippen LogP contribution in [0.5, 0.6) is 5.75 Å². The van der Waals surface area contributed by atoms with E-state index in [-0.39, 0.29) is 30.3 Å². The first kappa shape index (κ1) is 16.3. The van der Waals surface area contributed by atoms with Gasteiger partial charge < -0.3 is 15.4 Å². The molecule has 1 aromatic carbocycles. The van der Waals surface area contributed by atoms with E-state index in [1.807, 2.05) is 6.07 Å². The van der Waals surface area contributed by atoms with Gasteiger partial charge in [0.05, 0.1) is 24.0 Å². The highest BCUT2D eigenvalue weighted by Crippen LogP contribution is 2.36. The van der Waals surface area contributed by atoms with E-state index in [9.17, 15) is 14.6 Å². The molecule has 8 heteroatoms. The zero-order chi connectivity index (χ0) is 17.3. The van der Waals surface area contributed by atoms with Gasteiger partial charge in [-0.15, -0.1) is 0 Å². The van der Waals surface area contributed by atoms with E-state index >= 15 is 0 Å². The first-order valence-electron chi connectivity index (χ1n) is 7.71. The zero-order valence-corrected chi connectivity index (χ0v) is 13.3. The molecule has 124 valence electrons. The Hall–Kier alpha value is -2.61. The predicted octanol–water partition coefficient (Wildman–Crippen LogP) is 1.11. The molecule has 0 radical (unpaired) electrons. The smallest absolute Gasteiger partial charge is 0.526 e. The van der Waals surface area contributed by atoms with Gasteiger partial charge >= 0.3 is 7.12 Å². The Kier molecular flexibility index (Phi) is 4.39. The number of hydrogen-bond donors (Lipinski definition) is 2. The molecule has 0 spiro atoms. The number of Topliss-reactive ketones (excluding diaryl/α,β-unsaturated/α-hetero) is 2. The molecule has 7 nitrogen and oxygen atoms in total. The number of nitrogens with zero attached hydrogens (tertiary/aromatic N) is 2. The second kappa shape index (κ2) is 6.49. The van der Waals surface area contributed by atoms with Crippen LogP contribution >= 0.6 is 0 Å². The number of nitrogen functional groups attached to an aromatic ring is 1. The lowest BCUT2D eigenvalue weighted by Crippen LogP contribution is -2.36. The van der Waals surface area contributed by atoms with Crippen LogP contribution in [-0.4, -0.2) is 33.5 Å². The molecule has 24 heavy (non-hydrogen) atoms. The van der Waals surface area contributed by atoms with E-state index in [2.05, 4.69) is 5.10 Å². The van der Waals surface area contributed by atoms with Crippen LogP contribution in [0.1, 0.15) is 29.3 Å². The van der Waals surface area contributed by atoms with Gasteiger partial charge in [-0.3, -0.25) is 14.3 Å². The fourth-order valence-corrected chi connectivity index (χ4v) is 2.94. The van der Waals surface area contributed by atoms with Gasteiger partial charge in [0.25, 0.3) is 0 Å². The van der Waals surface area contributed by atoms with Gasteiger partial charge in [0.2, 0.25) is 0 Å². The van der Waals surface area contributed by atoms with Gasteiger partial charge in [0.1, 0.15) is 5.75 Å². The maximum atomic E-state index is 12.2. The number of carbonyl (C=O) groups excluding carboxylic acids is 2. The van der Waals surface area contributed by atoms with Crippen LogP contribution in [0.2, 0.25) is 5.82 Å². The molecule has 0 saturated heterocycles. The highest BCUT2D eigenvalue weighted by atomic mass is 16.5. The summed E-state index contributed by atoms with van der Waals surface area (Å²) in [5.74, 6) is -0.136. The largest absolute Gasteiger partial charge is 0.535 e. The molecule has 0 fully saturated rings. The summed E-state index contributed by atoms with van der Waals surface area (Å²) in [6.45, 7) is 1.55. The summed E-state index contributed by atoms with van der Waals surface area (Å²) in [5.41, 5.74) is 7.34. The number of benzene rings is 1. The van der Waals surface area contributed by atoms with Crippen molar-refractivity contribution in [3.05, 3.63) is 41.7 Å². The molecular formula is C16H18BN3O4. The molecule has 2 heterocycles. The fourth-order valence-electron chi connectivity index (χ4n) is 2.94. The van der Waals surface area contributed by atoms with E-state index in [0.29, 0.717) is 23.4 Å². The van der Waals surface area contributed by atoms with Crippen LogP contribution in [0, 0.1) is 0 Å². The number of carbonyl (C=O) groups is 2. The SMILES string of the molecule is CC(=O)c1cccc2c1OB(O)[C@@H](CC(=O)Cn1cc(N)cn1)C2. The fraction of sp³-hybridized carbons (Fsp3) is 0.312. The molecular weight excluding hydrogens is 309 g/mol. The lowest BCUT2D eigenvalue weighted by atomic mass is 9.64. The molecule has 3 N–H and O–H groups in total. The highest BCUT2D eigenvalue weighted by Gasteiger charge is 2.37. The van der Waals surface area contributed by atoms with Crippen LogP contribution in [0.15, 0.2) is 30.6 Å². The van der Waals surface area contributed by atoms with Gasteiger partial charge in [-0.1, -0.05) is 12.1 Å². The van der Waals surface area contributed by atoms with Gasteiger partial charge in [0, 0.05) is 18.4 Å². The van der Waals surface area contributed by atoms with Crippen molar-refractivity contribution < 1.29 is 19.3 Å². The number of anilines is 1. The van der Waals surface area contributed by atoms with E-state index in [4.69, 9.17) is 10.4 Å². The van der Waals surface area contributed by atoms with Gasteiger partial charge in [0.15, 0.2) is 11.6 Å². The first-order valence-corrected chi connectivity index (χ1v) is 7.71. The standard InChI is InChI=1S/C16H18BN3O4/c1-10(21)15-4-2-3-11-5-12(17(23)24-16(11)15)6-14(22)9-20-8-13(18)7-19-20/h2-4,7-8,12,23H,5-6,9,18H2,1H3/t12-/m1/s1. The summed E-state index contributed by atoms with van der Waals surface area (Å²) in [4.78, 5) is 23.9. The molecule has 1 aliphatic rings. The minimum Gasteiger partial charge on any atom is -0.535 e. The van der Waals surface area contributed by atoms with Gasteiger partial charge in [-0.25, -0.2) is 0 Å². The van der Waals surface area contributed by atoms with Crippen LogP contribution in [0.25, 0.3) is 0 Å². The second-order valence-corrected chi connectivity index (χ2v) is 6.04. The number of ketones is 2. The third-order valence-electron chi connectivity index (χ3n) is 4.08. The van der Waals surface area contributed by atoms with Crippen molar-refractivity contribution in [1.29, 1.82) is 0 Å². The number of aromatic nitrogens is 2. The minimum atomic E-state index is -1.12. The van der Waals surface area contributed by atoms with E-state index in [1.54, 1.807) is 18.3 Å². The summed E-state index contributed by atoms with van der Waals surface area (Å²) in [6.07, 6.45) is 3.70. The van der Waals surface area contributed by atoms with Crippen molar-refractivity contribution in [3.8, 4) is 5.75 Å². The maximum absolute atomic E-state index is 12.2. The van der Waals surface area contributed by atoms with Crippen LogP contribution < -0.4 is 10.4 Å². The second-order valence-electron chi connectivity index (χ2n) is 6.04. The Balaban J connectivity index is 1.71. The molecule has 0 unspecified atom stereocenters. The number of rotatable bonds is 5. The van der Waals surface area contributed by atoms with Crippen LogP contribution in [-0.2, 0) is 17.8 Å². The van der Waals surface area contributed by atoms with Crippen molar-refractivity contribution in [3.63, 3.8) is 0 Å². The number of nitrogens with two attached hydrogens (primary N) is 1. The van der Waals surface area contributed by atoms with E-state index in [0.717, 1.165) is 5.56 Å². The van der Waals surface area contributed by atoms with Gasteiger partial charge in [-0.05, 0) is 25.0 Å². The molecule has 0 aliphatic carbocycles. The van der Waals surface area contributed by atoms with Crippen molar-refractivity contribution in [2.45, 2.75) is 32.1 Å². The average molecular weight is 327 g/mol. The summed E-state index contributed by atoms with van der Waals surface area (Å²) >= 11 is 0. The first-order chi connectivity index (χ1) is 11.4. The molecule has 0 saturated carbocycles. The van der Waals surface area contributed by atoms with Crippen LogP contribution in [0.3, 0.4) is 0 Å². The lowest BCUT2D eigenvalue weighted by molar-refractivity contribution is -0.120. The van der Waals surface area contributed by atoms with Gasteiger partial charge in [-0.2, -0.15) is 5.10 Å². The topological polar surface area (TPSA) is 107 Å². The zero-order valence-electron chi connectivity index (χ0n) is 13.3. The van der Waals surface area contributed by atoms with E-state index < -0.39 is 7.12 Å². The third-order valence-corrected chi connectivity index (χ3v) is 4.08. The highest BCUT2D eigenvalue weighted by molar-refractivity contribution is 6.47. The Labute approximate surface area is 139 Å². The molecule has 2 aromatic rings. The molecule has 1 aromatic heterocycles. The average Bonchev–Trinajstić information content (AvgIpc) is 2.92. The Morgan fingerprint density at radius 1 is 1.50 bits per heavy atom. The molecule has 0 amide bonds. The number of hydrogen-bond acceptors (Lipinski definition) is 6. The number of fused-ring (bicyclic) bond motifs is 1. The van der Waals surface area contributed by atoms with Crippen LogP contribution in [0.4, 0.5) is 5.69 Å². The lowest BCUT2D eigenvalue weighted by Gasteiger charge is -2.28. The maximum Gasteiger partial charge on any atom is 0.526 e. The van der Waals surface area contributed by atoms with E-state index in [1.165, 1.54) is 17.8 Å². The minimum absolute atomic E-state index is 0.0723. The summed E-state index contributed by atoms with van der Waals surface area (Å²) in [7, 11) is -1.12. The van der Waals surface area contributed by atoms with Crippen molar-refractivity contribution in [1.82, 2.24) is 9.78 Å². The monoisotopic (exact) mass is 327 g/mol. The molecule has 1 atom stereocenters. The summed E-state index contributed by atoms with van der Waals surface area (Å²) in [6, 6.07) is 5.29. The quantitative estimate of drug-likeness (QED) is 0.629. The summed E-state index contributed by atoms with van der Waals surface area (Å²) < 4.78 is 7.00. The van der Waals surface area contributed by atoms with Crippen molar-refractivity contribution in [2.75, 3.05) is 5.73 Å². The third kappa shape index (κ3) is 3.33. The Morgan fingerprint density at radius 2 is 2.29 bits per heavy atom. The van der Waals surface area contributed by atoms with Crippen molar-refractivity contribution >= 4 is 24.4 Å². The molecule has 1 aliphatic heterocycles. The Bertz CT molecular complexity index is 789. The molecule has 3 rings (SSSR count). The Morgan fingerprint density at radius 3 is 2.96 bits per heavy atom. The number of para-hydroxylation sites is 1. The normalized spacial score (nSPS) is 16.4. The molecule has 0 bridgehead atoms. The predicted molar refractivity (Wildman–Crippen MR) is 88.8 cm³/mol. The summed E-state index contributed by atoms with van der Waals surface area (Å²) in [5, 5.41) is 14.2. The van der Waals surface area contributed by atoms with Crippen molar-refractivity contribution in [2.24, 2.45) is 0 Å².